The van der Waals surface area contributed by atoms with E-state index in [4.69, 9.17) is 5.73 Å². The first-order chi connectivity index (χ1) is 12.1. The predicted molar refractivity (Wildman–Crippen MR) is 87.9 cm³/mol. The first-order valence-electron chi connectivity index (χ1n) is 8.17. The summed E-state index contributed by atoms with van der Waals surface area (Å²) in [6.07, 6.45) is 1.79. The molecule has 1 atom stereocenters. The maximum atomic E-state index is 14.1. The van der Waals surface area contributed by atoms with Crippen LogP contribution in [0.4, 0.5) is 8.78 Å². The Morgan fingerprint density at radius 2 is 1.76 bits per heavy atom. The highest BCUT2D eigenvalue weighted by molar-refractivity contribution is 5.54. The Balaban J connectivity index is 2.11. The number of benzene rings is 2. The Hall–Kier alpha value is -2.67. The number of hydrogen-bond donors (Lipinski definition) is 2. The maximum Gasteiger partial charge on any atom is 0.189 e. The molecule has 128 valence electrons. The van der Waals surface area contributed by atoms with E-state index in [0.29, 0.717) is 31.6 Å². The molecule has 3 N–H and O–H groups in total. The van der Waals surface area contributed by atoms with Gasteiger partial charge >= 0.3 is 0 Å². The van der Waals surface area contributed by atoms with Gasteiger partial charge in [0.15, 0.2) is 5.82 Å². The topological polar surface area (TPSA) is 80.5 Å². The molecule has 5 nitrogen and oxygen atoms in total. The number of rotatable bonds is 3. The number of nitrogens with zero attached hydrogens (tertiary/aromatic N) is 3. The fourth-order valence-electron chi connectivity index (χ4n) is 3.95. The third-order valence-electron chi connectivity index (χ3n) is 4.97. The Morgan fingerprint density at radius 3 is 2.52 bits per heavy atom. The second-order valence-electron chi connectivity index (χ2n) is 6.28. The number of aromatic nitrogens is 4. The maximum absolute atomic E-state index is 14.1. The summed E-state index contributed by atoms with van der Waals surface area (Å²) in [5.74, 6) is -0.223. The molecule has 1 heterocycles. The molecule has 25 heavy (non-hydrogen) atoms. The van der Waals surface area contributed by atoms with Crippen molar-refractivity contribution < 1.29 is 8.78 Å². The molecule has 7 heteroatoms. The van der Waals surface area contributed by atoms with Crippen molar-refractivity contribution in [1.29, 1.82) is 0 Å². The van der Waals surface area contributed by atoms with Crippen molar-refractivity contribution in [3.63, 3.8) is 0 Å². The first kappa shape index (κ1) is 15.8. The van der Waals surface area contributed by atoms with Crippen LogP contribution in [-0.2, 0) is 18.3 Å². The standard InChI is InChI=1S/C18H17F2N5/c19-13-5-6-15-12(9-13)2-1-11-3-4-14(20)10-16(11)18(15,7-8-21)17-22-24-25-23-17/h3-6,9-10H,1-2,7-8,21H2,(H,22,23,24,25). The van der Waals surface area contributed by atoms with Gasteiger partial charge in [0.25, 0.3) is 0 Å². The zero-order valence-electron chi connectivity index (χ0n) is 13.5. The van der Waals surface area contributed by atoms with Crippen LogP contribution in [0.25, 0.3) is 0 Å². The van der Waals surface area contributed by atoms with E-state index in [1.165, 1.54) is 24.3 Å². The molecule has 1 aliphatic rings. The highest BCUT2D eigenvalue weighted by Gasteiger charge is 2.44. The van der Waals surface area contributed by atoms with Crippen LogP contribution < -0.4 is 5.73 Å². The van der Waals surface area contributed by atoms with E-state index < -0.39 is 5.41 Å². The molecule has 0 fully saturated rings. The zero-order valence-corrected chi connectivity index (χ0v) is 13.5. The van der Waals surface area contributed by atoms with Gasteiger partial charge in [-0.1, -0.05) is 17.3 Å². The Bertz CT molecular complexity index is 910. The summed E-state index contributed by atoms with van der Waals surface area (Å²) in [6, 6.07) is 9.41. The fraction of sp³-hybridized carbons (Fsp3) is 0.278. The number of nitrogens with two attached hydrogens (primary N) is 1. The van der Waals surface area contributed by atoms with Crippen molar-refractivity contribution >= 4 is 0 Å². The molecule has 1 unspecified atom stereocenters. The molecule has 3 aromatic rings. The Labute approximate surface area is 143 Å². The van der Waals surface area contributed by atoms with Crippen LogP contribution in [-0.4, -0.2) is 27.2 Å². The quantitative estimate of drug-likeness (QED) is 0.766. The number of hydrogen-bond acceptors (Lipinski definition) is 4. The number of aromatic amines is 1. The number of H-pyrrole nitrogens is 1. The summed E-state index contributed by atoms with van der Waals surface area (Å²) in [5, 5.41) is 14.6. The van der Waals surface area contributed by atoms with Crippen molar-refractivity contribution in [2.45, 2.75) is 24.7 Å². The minimum atomic E-state index is -0.862. The van der Waals surface area contributed by atoms with E-state index in [2.05, 4.69) is 20.6 Å². The minimum Gasteiger partial charge on any atom is -0.330 e. The lowest BCUT2D eigenvalue weighted by atomic mass is 9.69. The molecule has 0 saturated carbocycles. The van der Waals surface area contributed by atoms with Gasteiger partial charge in [-0.05, 0) is 72.3 Å². The highest BCUT2D eigenvalue weighted by atomic mass is 19.1. The second-order valence-corrected chi connectivity index (χ2v) is 6.28. The van der Waals surface area contributed by atoms with Crippen LogP contribution in [0.1, 0.15) is 34.5 Å². The van der Waals surface area contributed by atoms with Gasteiger partial charge < -0.3 is 5.73 Å². The van der Waals surface area contributed by atoms with Gasteiger partial charge in [-0.25, -0.2) is 8.78 Å². The Morgan fingerprint density at radius 1 is 1.00 bits per heavy atom. The lowest BCUT2D eigenvalue weighted by Gasteiger charge is -2.33. The molecular weight excluding hydrogens is 324 g/mol. The van der Waals surface area contributed by atoms with Gasteiger partial charge in [-0.2, -0.15) is 5.21 Å². The van der Waals surface area contributed by atoms with Gasteiger partial charge in [-0.3, -0.25) is 0 Å². The first-order valence-corrected chi connectivity index (χ1v) is 8.17. The molecule has 0 radical (unpaired) electrons. The summed E-state index contributed by atoms with van der Waals surface area (Å²) >= 11 is 0. The summed E-state index contributed by atoms with van der Waals surface area (Å²) in [6.45, 7) is 0.335. The molecule has 2 aromatic carbocycles. The number of halogens is 2. The minimum absolute atomic E-state index is 0.300. The third-order valence-corrected chi connectivity index (χ3v) is 4.97. The summed E-state index contributed by atoms with van der Waals surface area (Å²) < 4.78 is 28.0. The van der Waals surface area contributed by atoms with Gasteiger partial charge in [-0.15, -0.1) is 10.2 Å². The van der Waals surface area contributed by atoms with Crippen LogP contribution in [0.15, 0.2) is 36.4 Å². The molecular formula is C18H17F2N5. The van der Waals surface area contributed by atoms with E-state index in [9.17, 15) is 8.78 Å². The summed E-state index contributed by atoms with van der Waals surface area (Å²) in [7, 11) is 0. The van der Waals surface area contributed by atoms with Crippen LogP contribution >= 0.6 is 0 Å². The number of aryl methyl sites for hydroxylation is 2. The van der Waals surface area contributed by atoms with Gasteiger partial charge in [0, 0.05) is 0 Å². The molecule has 0 amide bonds. The van der Waals surface area contributed by atoms with E-state index in [0.717, 1.165) is 22.3 Å². The van der Waals surface area contributed by atoms with E-state index in [-0.39, 0.29) is 11.6 Å². The molecule has 1 aliphatic carbocycles. The van der Waals surface area contributed by atoms with Crippen molar-refractivity contribution in [3.05, 3.63) is 76.1 Å². The van der Waals surface area contributed by atoms with E-state index in [1.54, 1.807) is 12.1 Å². The van der Waals surface area contributed by atoms with Gasteiger partial charge in [0.1, 0.15) is 11.6 Å². The average Bonchev–Trinajstić information content (AvgIpc) is 3.10. The van der Waals surface area contributed by atoms with Crippen molar-refractivity contribution in [3.8, 4) is 0 Å². The number of nitrogens with one attached hydrogen (secondary N) is 1. The number of fused-ring (bicyclic) bond motifs is 2. The highest BCUT2D eigenvalue weighted by Crippen LogP contribution is 2.45. The Kier molecular flexibility index (Phi) is 3.80. The summed E-state index contributed by atoms with van der Waals surface area (Å²) in [4.78, 5) is 0. The van der Waals surface area contributed by atoms with Gasteiger partial charge in [0.05, 0.1) is 5.41 Å². The SMILES string of the molecule is NCCC1(c2nn[nH]n2)c2ccc(F)cc2CCc2ccc(F)cc21. The zero-order chi connectivity index (χ0) is 17.4. The molecule has 0 saturated heterocycles. The predicted octanol–water partition coefficient (Wildman–Crippen LogP) is 2.26. The van der Waals surface area contributed by atoms with Crippen LogP contribution in [0.3, 0.4) is 0 Å². The molecule has 1 aromatic heterocycles. The lowest BCUT2D eigenvalue weighted by molar-refractivity contribution is 0.522. The fourth-order valence-corrected chi connectivity index (χ4v) is 3.95. The normalized spacial score (nSPS) is 19.2. The van der Waals surface area contributed by atoms with E-state index >= 15 is 0 Å². The average molecular weight is 341 g/mol. The lowest BCUT2D eigenvalue weighted by Crippen LogP contribution is -2.35. The van der Waals surface area contributed by atoms with Crippen LogP contribution in [0.2, 0.25) is 0 Å². The van der Waals surface area contributed by atoms with Crippen molar-refractivity contribution in [2.24, 2.45) is 5.73 Å². The molecule has 0 bridgehead atoms. The van der Waals surface area contributed by atoms with Crippen molar-refractivity contribution in [2.75, 3.05) is 6.54 Å². The monoisotopic (exact) mass is 341 g/mol. The third kappa shape index (κ3) is 2.42. The molecule has 0 spiro atoms. The summed E-state index contributed by atoms with van der Waals surface area (Å²) in [5.41, 5.74) is 8.53. The van der Waals surface area contributed by atoms with E-state index in [1.807, 2.05) is 0 Å². The van der Waals surface area contributed by atoms with Crippen molar-refractivity contribution in [1.82, 2.24) is 20.6 Å². The van der Waals surface area contributed by atoms with Gasteiger partial charge in [0.2, 0.25) is 0 Å². The smallest absolute Gasteiger partial charge is 0.189 e. The second kappa shape index (κ2) is 6.00. The van der Waals surface area contributed by atoms with Crippen LogP contribution in [0, 0.1) is 11.6 Å². The molecule has 4 rings (SSSR count). The molecule has 0 aliphatic heterocycles. The van der Waals surface area contributed by atoms with Crippen LogP contribution in [0.5, 0.6) is 0 Å². The number of tetrazole rings is 1. The largest absolute Gasteiger partial charge is 0.330 e.